The maximum Gasteiger partial charge on any atom is 0.163 e. The summed E-state index contributed by atoms with van der Waals surface area (Å²) in [4.78, 5) is 14.8. The SMILES string of the molecule is C=C/C=C(\C=C)c1cccc(-c2nc(-c3ccc(-n4c5ccccc5c5c6ccccc6c6c7ccccc7sc6c54)cc3)nc3ncccc23)c1. The summed E-state index contributed by atoms with van der Waals surface area (Å²) in [5.41, 5.74) is 8.94. The van der Waals surface area contributed by atoms with E-state index in [1.165, 1.54) is 52.8 Å². The molecule has 4 aromatic heterocycles. The van der Waals surface area contributed by atoms with Crippen LogP contribution in [-0.4, -0.2) is 19.5 Å². The number of aromatic nitrogens is 4. The number of pyridine rings is 1. The molecule has 4 nitrogen and oxygen atoms in total. The minimum Gasteiger partial charge on any atom is -0.308 e. The number of hydrogen-bond acceptors (Lipinski definition) is 4. The molecule has 0 saturated heterocycles. The third-order valence-corrected chi connectivity index (χ3v) is 11.2. The molecule has 0 bridgehead atoms. The van der Waals surface area contributed by atoms with Gasteiger partial charge in [0.1, 0.15) is 0 Å². The molecular formula is C47H30N4S. The first-order valence-corrected chi connectivity index (χ1v) is 18.1. The van der Waals surface area contributed by atoms with Crippen LogP contribution < -0.4 is 0 Å². The number of thiophene rings is 1. The second kappa shape index (κ2) is 12.0. The van der Waals surface area contributed by atoms with Crippen LogP contribution in [0.15, 0.2) is 171 Å². The van der Waals surface area contributed by atoms with Crippen molar-refractivity contribution in [1.82, 2.24) is 19.5 Å². The fourth-order valence-electron chi connectivity index (χ4n) is 7.72. The Morgan fingerprint density at radius 2 is 1.37 bits per heavy atom. The number of para-hydroxylation sites is 1. The quantitative estimate of drug-likeness (QED) is 0.164. The van der Waals surface area contributed by atoms with Gasteiger partial charge in [0.2, 0.25) is 0 Å². The zero-order valence-corrected chi connectivity index (χ0v) is 28.9. The summed E-state index contributed by atoms with van der Waals surface area (Å²) < 4.78 is 5.03. The van der Waals surface area contributed by atoms with E-state index in [0.717, 1.165) is 39.0 Å². The average molecular weight is 683 g/mol. The molecule has 0 fully saturated rings. The molecule has 0 radical (unpaired) electrons. The van der Waals surface area contributed by atoms with Gasteiger partial charge in [-0.25, -0.2) is 15.0 Å². The van der Waals surface area contributed by atoms with Crippen LogP contribution in [0.3, 0.4) is 0 Å². The molecule has 0 atom stereocenters. The van der Waals surface area contributed by atoms with Gasteiger partial charge in [-0.15, -0.1) is 11.3 Å². The predicted molar refractivity (Wildman–Crippen MR) is 221 cm³/mol. The van der Waals surface area contributed by atoms with Gasteiger partial charge in [0.05, 0.1) is 21.4 Å². The number of allylic oxidation sites excluding steroid dienone is 4. The summed E-state index contributed by atoms with van der Waals surface area (Å²) in [6, 6.07) is 47.4. The average Bonchev–Trinajstić information content (AvgIpc) is 3.77. The summed E-state index contributed by atoms with van der Waals surface area (Å²) in [5, 5.41) is 8.61. The molecule has 244 valence electrons. The van der Waals surface area contributed by atoms with Crippen LogP contribution in [-0.2, 0) is 0 Å². The number of rotatable bonds is 6. The van der Waals surface area contributed by atoms with Gasteiger partial charge in [-0.05, 0) is 76.5 Å². The van der Waals surface area contributed by atoms with Crippen molar-refractivity contribution in [2.24, 2.45) is 0 Å². The smallest absolute Gasteiger partial charge is 0.163 e. The normalized spacial score (nSPS) is 12.1. The second-order valence-corrected chi connectivity index (χ2v) is 13.9. The molecule has 0 saturated carbocycles. The third kappa shape index (κ3) is 4.57. The highest BCUT2D eigenvalue weighted by molar-refractivity contribution is 7.27. The molecule has 4 heterocycles. The van der Waals surface area contributed by atoms with Crippen molar-refractivity contribution in [3.05, 3.63) is 177 Å². The predicted octanol–water partition coefficient (Wildman–Crippen LogP) is 12.7. The van der Waals surface area contributed by atoms with Crippen molar-refractivity contribution in [1.29, 1.82) is 0 Å². The number of hydrogen-bond donors (Lipinski definition) is 0. The van der Waals surface area contributed by atoms with Gasteiger partial charge < -0.3 is 4.57 Å². The Balaban J connectivity index is 1.18. The number of nitrogens with zero attached hydrogens (tertiary/aromatic N) is 4. The molecule has 0 amide bonds. The molecule has 0 aliphatic heterocycles. The Labute approximate surface area is 304 Å². The van der Waals surface area contributed by atoms with Crippen LogP contribution in [0.25, 0.3) is 97.7 Å². The van der Waals surface area contributed by atoms with E-state index in [9.17, 15) is 0 Å². The summed E-state index contributed by atoms with van der Waals surface area (Å²) in [7, 11) is 0. The second-order valence-electron chi connectivity index (χ2n) is 12.9. The molecule has 10 aromatic rings. The van der Waals surface area contributed by atoms with Crippen molar-refractivity contribution in [3.63, 3.8) is 0 Å². The van der Waals surface area contributed by atoms with E-state index in [1.54, 1.807) is 12.3 Å². The summed E-state index contributed by atoms with van der Waals surface area (Å²) in [6.07, 6.45) is 7.37. The summed E-state index contributed by atoms with van der Waals surface area (Å²) in [5.74, 6) is 0.629. The molecule has 0 N–H and O–H groups in total. The lowest BCUT2D eigenvalue weighted by Crippen LogP contribution is -1.98. The first kappa shape index (κ1) is 30.2. The zero-order chi connectivity index (χ0) is 34.8. The van der Waals surface area contributed by atoms with Crippen LogP contribution in [0, 0.1) is 0 Å². The van der Waals surface area contributed by atoms with Crippen molar-refractivity contribution in [2.75, 3.05) is 0 Å². The lowest BCUT2D eigenvalue weighted by molar-refractivity contribution is 1.17. The Kier molecular flexibility index (Phi) is 6.95. The molecule has 10 rings (SSSR count). The van der Waals surface area contributed by atoms with Crippen LogP contribution >= 0.6 is 11.3 Å². The van der Waals surface area contributed by atoms with E-state index >= 15 is 0 Å². The first-order chi connectivity index (χ1) is 25.7. The van der Waals surface area contributed by atoms with E-state index in [1.807, 2.05) is 41.7 Å². The highest BCUT2D eigenvalue weighted by Crippen LogP contribution is 2.47. The van der Waals surface area contributed by atoms with E-state index in [4.69, 9.17) is 9.97 Å². The van der Waals surface area contributed by atoms with Gasteiger partial charge in [-0.3, -0.25) is 0 Å². The highest BCUT2D eigenvalue weighted by Gasteiger charge is 2.22. The van der Waals surface area contributed by atoms with Crippen LogP contribution in [0.4, 0.5) is 0 Å². The van der Waals surface area contributed by atoms with Crippen LogP contribution in [0.2, 0.25) is 0 Å². The minimum atomic E-state index is 0.629. The molecule has 52 heavy (non-hydrogen) atoms. The lowest BCUT2D eigenvalue weighted by Gasteiger charge is -2.12. The largest absolute Gasteiger partial charge is 0.308 e. The van der Waals surface area contributed by atoms with Crippen molar-refractivity contribution in [2.45, 2.75) is 0 Å². The first-order valence-electron chi connectivity index (χ1n) is 17.3. The molecule has 0 unspecified atom stereocenters. The minimum absolute atomic E-state index is 0.629. The molecule has 0 aliphatic rings. The molecule has 0 spiro atoms. The molecule has 6 aromatic carbocycles. The van der Waals surface area contributed by atoms with Gasteiger partial charge in [-0.1, -0.05) is 110 Å². The maximum absolute atomic E-state index is 5.18. The Morgan fingerprint density at radius 1 is 0.635 bits per heavy atom. The number of fused-ring (bicyclic) bond motifs is 11. The van der Waals surface area contributed by atoms with Gasteiger partial charge in [-0.2, -0.15) is 0 Å². The van der Waals surface area contributed by atoms with Gasteiger partial charge in [0, 0.05) is 54.6 Å². The zero-order valence-electron chi connectivity index (χ0n) is 28.1. The van der Waals surface area contributed by atoms with E-state index in [2.05, 4.69) is 138 Å². The topological polar surface area (TPSA) is 43.6 Å². The van der Waals surface area contributed by atoms with Crippen molar-refractivity contribution in [3.8, 4) is 28.3 Å². The summed E-state index contributed by atoms with van der Waals surface area (Å²) in [6.45, 7) is 7.88. The third-order valence-electron chi connectivity index (χ3n) is 9.99. The summed E-state index contributed by atoms with van der Waals surface area (Å²) >= 11 is 1.88. The van der Waals surface area contributed by atoms with Crippen molar-refractivity contribution < 1.29 is 0 Å². The van der Waals surface area contributed by atoms with Gasteiger partial charge in [0.15, 0.2) is 11.5 Å². The van der Waals surface area contributed by atoms with Gasteiger partial charge >= 0.3 is 0 Å². The Hall–Kier alpha value is -6.69. The van der Waals surface area contributed by atoms with E-state index in [-0.39, 0.29) is 0 Å². The fraction of sp³-hybridized carbons (Fsp3) is 0. The monoisotopic (exact) mass is 682 g/mol. The highest BCUT2D eigenvalue weighted by atomic mass is 32.1. The van der Waals surface area contributed by atoms with Crippen LogP contribution in [0.5, 0.6) is 0 Å². The van der Waals surface area contributed by atoms with Gasteiger partial charge in [0.25, 0.3) is 0 Å². The fourth-order valence-corrected chi connectivity index (χ4v) is 8.98. The Morgan fingerprint density at radius 3 is 2.17 bits per heavy atom. The Bertz CT molecular complexity index is 3110. The number of benzene rings is 6. The van der Waals surface area contributed by atoms with E-state index < -0.39 is 0 Å². The molecule has 5 heteroatoms. The van der Waals surface area contributed by atoms with Crippen molar-refractivity contribution >= 4 is 80.7 Å². The molecular weight excluding hydrogens is 653 g/mol. The maximum atomic E-state index is 5.18. The van der Waals surface area contributed by atoms with Crippen LogP contribution in [0.1, 0.15) is 5.56 Å². The molecule has 0 aliphatic carbocycles. The lowest BCUT2D eigenvalue weighted by atomic mass is 9.99. The standard InChI is InChI=1S/C47H30N4S/c1-3-13-29(4-2)31-14-11-15-32(28-31)43-38-20-12-27-48-47(38)50-46(49-43)30-23-25-33(26-24-30)51-39-21-9-7-18-36(39)41-34-16-5-6-17-35(34)42-37-19-8-10-22-40(37)52-45(42)44(41)51/h3-28H,1-2H2/b29-13+. The van der Waals surface area contributed by atoms with E-state index in [0.29, 0.717) is 11.5 Å².